The fourth-order valence-electron chi connectivity index (χ4n) is 4.53. The SMILES string of the molecule is Cc1c(C(=O)N2C[C@@H]3[C@@H](CNC(=O)c4ccncc4)CO[C@@H]3C2)oc2ccccc12.O=C(O)C(F)(F)F. The van der Waals surface area contributed by atoms with Crippen molar-refractivity contribution in [3.8, 4) is 0 Å². The standard InChI is InChI=1S/C23H23N3O4.C2HF3O2/c1-14-17-4-2-3-5-19(17)30-21(14)23(28)26-11-18-16(13-29-20(18)12-26)10-25-22(27)15-6-8-24-9-7-15;3-2(4,5)1(6)7/h2-9,16,18,20H,10-13H2,1H3,(H,25,27);(H,6,7)/t16-,18+,20+;/m0./s1. The molecule has 0 radical (unpaired) electrons. The fourth-order valence-corrected chi connectivity index (χ4v) is 4.53. The van der Waals surface area contributed by atoms with Crippen molar-refractivity contribution in [1.29, 1.82) is 0 Å². The molecule has 37 heavy (non-hydrogen) atoms. The second-order valence-electron chi connectivity index (χ2n) is 8.81. The molecule has 3 aromatic rings. The molecule has 196 valence electrons. The number of halogens is 3. The number of carboxylic acid groups (broad SMARTS) is 1. The van der Waals surface area contributed by atoms with E-state index in [1.807, 2.05) is 36.1 Å². The van der Waals surface area contributed by atoms with Crippen molar-refractivity contribution in [2.24, 2.45) is 11.8 Å². The van der Waals surface area contributed by atoms with E-state index in [0.717, 1.165) is 16.5 Å². The predicted octanol–water partition coefficient (Wildman–Crippen LogP) is 3.29. The molecule has 1 aromatic carbocycles. The number of aliphatic carboxylic acids is 1. The Morgan fingerprint density at radius 1 is 1.14 bits per heavy atom. The van der Waals surface area contributed by atoms with Crippen molar-refractivity contribution in [3.63, 3.8) is 0 Å². The minimum Gasteiger partial charge on any atom is -0.475 e. The van der Waals surface area contributed by atoms with Crippen molar-refractivity contribution >= 4 is 28.8 Å². The Bertz CT molecular complexity index is 1290. The van der Waals surface area contributed by atoms with Gasteiger partial charge in [-0.15, -0.1) is 0 Å². The highest BCUT2D eigenvalue weighted by Gasteiger charge is 2.46. The van der Waals surface area contributed by atoms with E-state index in [4.69, 9.17) is 19.1 Å². The molecule has 2 aromatic heterocycles. The van der Waals surface area contributed by atoms with Gasteiger partial charge in [0.15, 0.2) is 5.76 Å². The Labute approximate surface area is 209 Å². The van der Waals surface area contributed by atoms with Crippen LogP contribution < -0.4 is 5.32 Å². The normalized spacial score (nSPS) is 20.8. The molecule has 2 saturated heterocycles. The lowest BCUT2D eigenvalue weighted by Crippen LogP contribution is -2.35. The van der Waals surface area contributed by atoms with Crippen molar-refractivity contribution < 1.29 is 41.8 Å². The molecule has 12 heteroatoms. The van der Waals surface area contributed by atoms with Crippen molar-refractivity contribution in [2.45, 2.75) is 19.2 Å². The van der Waals surface area contributed by atoms with E-state index in [9.17, 15) is 22.8 Å². The van der Waals surface area contributed by atoms with Gasteiger partial charge in [-0.1, -0.05) is 18.2 Å². The molecule has 2 N–H and O–H groups in total. The van der Waals surface area contributed by atoms with Gasteiger partial charge in [-0.2, -0.15) is 13.2 Å². The van der Waals surface area contributed by atoms with Gasteiger partial charge in [0.2, 0.25) is 0 Å². The number of para-hydroxylation sites is 1. The maximum Gasteiger partial charge on any atom is 0.490 e. The number of furan rings is 1. The number of nitrogens with zero attached hydrogens (tertiary/aromatic N) is 2. The zero-order chi connectivity index (χ0) is 26.7. The van der Waals surface area contributed by atoms with Crippen LogP contribution in [-0.4, -0.2) is 71.3 Å². The molecule has 2 fully saturated rings. The lowest BCUT2D eigenvalue weighted by molar-refractivity contribution is -0.192. The molecular weight excluding hydrogens is 495 g/mol. The third kappa shape index (κ3) is 5.74. The second kappa shape index (κ2) is 10.6. The van der Waals surface area contributed by atoms with Gasteiger partial charge in [-0.3, -0.25) is 14.6 Å². The topological polar surface area (TPSA) is 122 Å². The molecule has 0 bridgehead atoms. The van der Waals surface area contributed by atoms with E-state index in [1.54, 1.807) is 24.5 Å². The van der Waals surface area contributed by atoms with Crippen LogP contribution in [0.15, 0.2) is 53.2 Å². The molecule has 4 heterocycles. The van der Waals surface area contributed by atoms with Crippen LogP contribution in [0.1, 0.15) is 26.5 Å². The van der Waals surface area contributed by atoms with Crippen LogP contribution in [0.25, 0.3) is 11.0 Å². The summed E-state index contributed by atoms with van der Waals surface area (Å²) in [7, 11) is 0. The summed E-state index contributed by atoms with van der Waals surface area (Å²) in [5.41, 5.74) is 2.18. The van der Waals surface area contributed by atoms with E-state index < -0.39 is 12.1 Å². The van der Waals surface area contributed by atoms with E-state index in [0.29, 0.717) is 37.6 Å². The maximum absolute atomic E-state index is 13.1. The molecule has 0 saturated carbocycles. The van der Waals surface area contributed by atoms with Gasteiger partial charge in [0, 0.05) is 60.4 Å². The number of likely N-dealkylation sites (tertiary alicyclic amines) is 1. The molecule has 0 spiro atoms. The van der Waals surface area contributed by atoms with E-state index in [1.165, 1.54) is 0 Å². The lowest BCUT2D eigenvalue weighted by Gasteiger charge is -2.19. The molecule has 3 atom stereocenters. The van der Waals surface area contributed by atoms with Crippen LogP contribution in [0.4, 0.5) is 13.2 Å². The third-order valence-corrected chi connectivity index (χ3v) is 6.47. The van der Waals surface area contributed by atoms with Crippen LogP contribution in [-0.2, 0) is 9.53 Å². The molecule has 0 aliphatic carbocycles. The smallest absolute Gasteiger partial charge is 0.475 e. The fraction of sp³-hybridized carbons (Fsp3) is 0.360. The summed E-state index contributed by atoms with van der Waals surface area (Å²) >= 11 is 0. The molecule has 5 rings (SSSR count). The number of carbonyl (C=O) groups is 3. The van der Waals surface area contributed by atoms with Crippen molar-refractivity contribution in [2.75, 3.05) is 26.2 Å². The highest BCUT2D eigenvalue weighted by Crippen LogP contribution is 2.35. The number of pyridine rings is 1. The third-order valence-electron chi connectivity index (χ3n) is 6.47. The number of hydrogen-bond acceptors (Lipinski definition) is 6. The number of aromatic nitrogens is 1. The largest absolute Gasteiger partial charge is 0.490 e. The minimum absolute atomic E-state index is 0.00135. The Morgan fingerprint density at radius 2 is 1.81 bits per heavy atom. The Morgan fingerprint density at radius 3 is 2.46 bits per heavy atom. The van der Waals surface area contributed by atoms with Gasteiger partial charge in [-0.05, 0) is 25.1 Å². The lowest BCUT2D eigenvalue weighted by atomic mass is 9.93. The first-order valence-electron chi connectivity index (χ1n) is 11.4. The number of rotatable bonds is 4. The van der Waals surface area contributed by atoms with E-state index in [-0.39, 0.29) is 29.8 Å². The predicted molar refractivity (Wildman–Crippen MR) is 124 cm³/mol. The van der Waals surface area contributed by atoms with Gasteiger partial charge in [-0.25, -0.2) is 4.79 Å². The number of nitrogens with one attached hydrogen (secondary N) is 1. The van der Waals surface area contributed by atoms with E-state index >= 15 is 0 Å². The average molecular weight is 519 g/mol. The summed E-state index contributed by atoms with van der Waals surface area (Å²) in [6.45, 7) is 4.19. The molecule has 2 aliphatic heterocycles. The van der Waals surface area contributed by atoms with Crippen molar-refractivity contribution in [3.05, 3.63) is 65.7 Å². The summed E-state index contributed by atoms with van der Waals surface area (Å²) in [4.78, 5) is 40.1. The Hall–Kier alpha value is -3.93. The number of carbonyl (C=O) groups excluding carboxylic acids is 2. The zero-order valence-electron chi connectivity index (χ0n) is 19.7. The zero-order valence-corrected chi connectivity index (χ0v) is 19.7. The number of amides is 2. The number of benzene rings is 1. The molecule has 9 nitrogen and oxygen atoms in total. The number of fused-ring (bicyclic) bond motifs is 2. The van der Waals surface area contributed by atoms with Crippen LogP contribution >= 0.6 is 0 Å². The highest BCUT2D eigenvalue weighted by molar-refractivity contribution is 5.99. The summed E-state index contributed by atoms with van der Waals surface area (Å²) in [6.07, 6.45) is -1.88. The van der Waals surface area contributed by atoms with Crippen LogP contribution in [0.3, 0.4) is 0 Å². The van der Waals surface area contributed by atoms with Gasteiger partial charge >= 0.3 is 12.1 Å². The highest BCUT2D eigenvalue weighted by atomic mass is 19.4. The summed E-state index contributed by atoms with van der Waals surface area (Å²) < 4.78 is 43.5. The van der Waals surface area contributed by atoms with Crippen LogP contribution in [0.2, 0.25) is 0 Å². The van der Waals surface area contributed by atoms with Gasteiger partial charge in [0.05, 0.1) is 12.7 Å². The van der Waals surface area contributed by atoms with E-state index in [2.05, 4.69) is 10.3 Å². The summed E-state index contributed by atoms with van der Waals surface area (Å²) in [5, 5.41) is 11.1. The summed E-state index contributed by atoms with van der Waals surface area (Å²) in [5.74, 6) is -2.19. The second-order valence-corrected chi connectivity index (χ2v) is 8.81. The first kappa shape index (κ1) is 26.1. The Balaban J connectivity index is 0.000000405. The number of hydrogen-bond donors (Lipinski definition) is 2. The Kier molecular flexibility index (Phi) is 7.48. The van der Waals surface area contributed by atoms with Crippen LogP contribution in [0.5, 0.6) is 0 Å². The average Bonchev–Trinajstić information content (AvgIpc) is 3.56. The number of ether oxygens (including phenoxy) is 1. The number of carboxylic acids is 1. The first-order chi connectivity index (χ1) is 17.6. The molecule has 0 unspecified atom stereocenters. The van der Waals surface area contributed by atoms with Crippen LogP contribution in [0, 0.1) is 18.8 Å². The quantitative estimate of drug-likeness (QED) is 0.543. The van der Waals surface area contributed by atoms with Gasteiger partial charge < -0.3 is 24.5 Å². The summed E-state index contributed by atoms with van der Waals surface area (Å²) in [6, 6.07) is 11.1. The molecule has 2 aliphatic rings. The number of aryl methyl sites for hydroxylation is 1. The van der Waals surface area contributed by atoms with Crippen molar-refractivity contribution in [1.82, 2.24) is 15.2 Å². The minimum atomic E-state index is -5.08. The van der Waals surface area contributed by atoms with Gasteiger partial charge in [0.1, 0.15) is 5.58 Å². The maximum atomic E-state index is 13.1. The monoisotopic (exact) mass is 519 g/mol. The van der Waals surface area contributed by atoms with Gasteiger partial charge in [0.25, 0.3) is 11.8 Å². The number of alkyl halides is 3. The molecule has 2 amide bonds. The first-order valence-corrected chi connectivity index (χ1v) is 11.4. The molecular formula is C25H24F3N3O6.